The van der Waals surface area contributed by atoms with Crippen LogP contribution in [0.5, 0.6) is 0 Å². The Morgan fingerprint density at radius 1 is 1.33 bits per heavy atom. The molecule has 0 aliphatic carbocycles. The van der Waals surface area contributed by atoms with Crippen molar-refractivity contribution in [1.82, 2.24) is 14.7 Å². The molecule has 0 radical (unpaired) electrons. The van der Waals surface area contributed by atoms with Crippen LogP contribution in [0.15, 0.2) is 42.7 Å². The summed E-state index contributed by atoms with van der Waals surface area (Å²) in [6.07, 6.45) is 7.88. The summed E-state index contributed by atoms with van der Waals surface area (Å²) in [7, 11) is 2.17. The van der Waals surface area contributed by atoms with Crippen LogP contribution < -0.4 is 0 Å². The molecule has 1 fully saturated rings. The molecule has 0 saturated carbocycles. The highest BCUT2D eigenvalue weighted by atomic mass is 16.5. The van der Waals surface area contributed by atoms with E-state index in [-0.39, 0.29) is 0 Å². The zero-order chi connectivity index (χ0) is 14.5. The molecule has 3 rings (SSSR count). The van der Waals surface area contributed by atoms with Crippen molar-refractivity contribution in [2.75, 3.05) is 20.2 Å². The zero-order valence-electron chi connectivity index (χ0n) is 12.6. The maximum Gasteiger partial charge on any atom is 0.0702 e. The van der Waals surface area contributed by atoms with Gasteiger partial charge < -0.3 is 4.74 Å². The van der Waals surface area contributed by atoms with Crippen molar-refractivity contribution in [3.8, 4) is 5.69 Å². The monoisotopic (exact) mass is 285 g/mol. The summed E-state index contributed by atoms with van der Waals surface area (Å²) in [4.78, 5) is 2.35. The SMILES string of the molecule is CN(Cc1cccc(-n2cccn2)c1)CC1CCCCO1. The van der Waals surface area contributed by atoms with E-state index < -0.39 is 0 Å². The largest absolute Gasteiger partial charge is 0.377 e. The van der Waals surface area contributed by atoms with Crippen molar-refractivity contribution in [2.45, 2.75) is 31.9 Å². The zero-order valence-corrected chi connectivity index (χ0v) is 12.6. The van der Waals surface area contributed by atoms with Gasteiger partial charge in [0.1, 0.15) is 0 Å². The summed E-state index contributed by atoms with van der Waals surface area (Å²) in [6.45, 7) is 2.87. The second-order valence-electron chi connectivity index (χ2n) is 5.81. The first-order chi connectivity index (χ1) is 10.3. The number of likely N-dealkylation sites (N-methyl/N-ethyl adjacent to an activating group) is 1. The number of rotatable bonds is 5. The van der Waals surface area contributed by atoms with Gasteiger partial charge in [-0.25, -0.2) is 4.68 Å². The fraction of sp³-hybridized carbons (Fsp3) is 0.471. The van der Waals surface area contributed by atoms with E-state index in [1.54, 1.807) is 6.20 Å². The predicted octanol–water partition coefficient (Wildman–Crippen LogP) is 2.87. The molecule has 1 unspecified atom stereocenters. The number of benzene rings is 1. The van der Waals surface area contributed by atoms with Gasteiger partial charge in [0.05, 0.1) is 11.8 Å². The third-order valence-electron chi connectivity index (χ3n) is 3.92. The third-order valence-corrected chi connectivity index (χ3v) is 3.92. The Labute approximate surface area is 126 Å². The lowest BCUT2D eigenvalue weighted by Gasteiger charge is -2.27. The molecule has 1 aliphatic rings. The highest BCUT2D eigenvalue weighted by molar-refractivity contribution is 5.34. The van der Waals surface area contributed by atoms with Crippen molar-refractivity contribution in [3.05, 3.63) is 48.3 Å². The minimum absolute atomic E-state index is 0.401. The summed E-state index contributed by atoms with van der Waals surface area (Å²) in [5, 5.41) is 4.28. The van der Waals surface area contributed by atoms with Crippen LogP contribution in [0, 0.1) is 0 Å². The molecule has 1 aliphatic heterocycles. The molecule has 2 heterocycles. The van der Waals surface area contributed by atoms with Crippen LogP contribution >= 0.6 is 0 Å². The highest BCUT2D eigenvalue weighted by Gasteiger charge is 2.15. The van der Waals surface area contributed by atoms with Gasteiger partial charge in [0.2, 0.25) is 0 Å². The van der Waals surface area contributed by atoms with E-state index in [0.29, 0.717) is 6.10 Å². The molecule has 1 aromatic carbocycles. The van der Waals surface area contributed by atoms with Crippen molar-refractivity contribution in [3.63, 3.8) is 0 Å². The van der Waals surface area contributed by atoms with Gasteiger partial charge >= 0.3 is 0 Å². The fourth-order valence-corrected chi connectivity index (χ4v) is 2.89. The topological polar surface area (TPSA) is 30.3 Å². The summed E-state index contributed by atoms with van der Waals surface area (Å²) in [5.41, 5.74) is 2.42. The van der Waals surface area contributed by atoms with E-state index in [1.165, 1.54) is 24.8 Å². The third kappa shape index (κ3) is 3.93. The van der Waals surface area contributed by atoms with Crippen molar-refractivity contribution < 1.29 is 4.74 Å². The van der Waals surface area contributed by atoms with E-state index >= 15 is 0 Å². The van der Waals surface area contributed by atoms with Gasteiger partial charge in [-0.05, 0) is 50.1 Å². The van der Waals surface area contributed by atoms with Gasteiger partial charge in [-0.15, -0.1) is 0 Å². The Morgan fingerprint density at radius 2 is 2.29 bits per heavy atom. The standard InChI is InChI=1S/C17H23N3O/c1-19(14-17-8-2-3-11-21-17)13-15-6-4-7-16(12-15)20-10-5-9-18-20/h4-7,9-10,12,17H,2-3,8,11,13-14H2,1H3. The number of aromatic nitrogens is 2. The lowest BCUT2D eigenvalue weighted by Crippen LogP contribution is -2.33. The van der Waals surface area contributed by atoms with Gasteiger partial charge in [-0.1, -0.05) is 12.1 Å². The van der Waals surface area contributed by atoms with E-state index in [0.717, 1.165) is 25.4 Å². The highest BCUT2D eigenvalue weighted by Crippen LogP contribution is 2.15. The Balaban J connectivity index is 1.60. The summed E-state index contributed by atoms with van der Waals surface area (Å²) in [6, 6.07) is 10.5. The van der Waals surface area contributed by atoms with Crippen LogP contribution in [-0.2, 0) is 11.3 Å². The van der Waals surface area contributed by atoms with Gasteiger partial charge in [-0.2, -0.15) is 5.10 Å². The molecule has 112 valence electrons. The normalized spacial score (nSPS) is 19.0. The molecular weight excluding hydrogens is 262 g/mol. The first-order valence-corrected chi connectivity index (χ1v) is 7.70. The van der Waals surface area contributed by atoms with Crippen LogP contribution in [0.3, 0.4) is 0 Å². The Kier molecular flexibility index (Phi) is 4.68. The van der Waals surface area contributed by atoms with Crippen LogP contribution in [0.2, 0.25) is 0 Å². The maximum absolute atomic E-state index is 5.81. The number of nitrogens with zero attached hydrogens (tertiary/aromatic N) is 3. The molecule has 21 heavy (non-hydrogen) atoms. The smallest absolute Gasteiger partial charge is 0.0702 e. The second kappa shape index (κ2) is 6.87. The first kappa shape index (κ1) is 14.3. The van der Waals surface area contributed by atoms with E-state index in [4.69, 9.17) is 4.74 Å². The number of ether oxygens (including phenoxy) is 1. The molecule has 0 spiro atoms. The average molecular weight is 285 g/mol. The molecule has 1 saturated heterocycles. The number of hydrogen-bond acceptors (Lipinski definition) is 3. The minimum atomic E-state index is 0.401. The lowest BCUT2D eigenvalue weighted by molar-refractivity contribution is -0.00259. The summed E-state index contributed by atoms with van der Waals surface area (Å²) >= 11 is 0. The average Bonchev–Trinajstić information content (AvgIpc) is 3.02. The minimum Gasteiger partial charge on any atom is -0.377 e. The van der Waals surface area contributed by atoms with Gasteiger partial charge in [0.15, 0.2) is 0 Å². The number of hydrogen-bond donors (Lipinski definition) is 0. The summed E-state index contributed by atoms with van der Waals surface area (Å²) in [5.74, 6) is 0. The van der Waals surface area contributed by atoms with Crippen molar-refractivity contribution in [2.24, 2.45) is 0 Å². The van der Waals surface area contributed by atoms with Crippen LogP contribution in [-0.4, -0.2) is 41.0 Å². The maximum atomic E-state index is 5.81. The lowest BCUT2D eigenvalue weighted by atomic mass is 10.1. The molecule has 0 bridgehead atoms. The van der Waals surface area contributed by atoms with E-state index in [1.807, 2.05) is 16.9 Å². The molecule has 2 aromatic rings. The fourth-order valence-electron chi connectivity index (χ4n) is 2.89. The molecule has 4 nitrogen and oxygen atoms in total. The Morgan fingerprint density at radius 3 is 3.05 bits per heavy atom. The molecule has 0 N–H and O–H groups in total. The van der Waals surface area contributed by atoms with Crippen molar-refractivity contribution >= 4 is 0 Å². The summed E-state index contributed by atoms with van der Waals surface area (Å²) < 4.78 is 7.71. The quantitative estimate of drug-likeness (QED) is 0.846. The van der Waals surface area contributed by atoms with Gasteiger partial charge in [0, 0.05) is 32.1 Å². The second-order valence-corrected chi connectivity index (χ2v) is 5.81. The van der Waals surface area contributed by atoms with Crippen molar-refractivity contribution in [1.29, 1.82) is 0 Å². The van der Waals surface area contributed by atoms with Crippen LogP contribution in [0.4, 0.5) is 0 Å². The van der Waals surface area contributed by atoms with Gasteiger partial charge in [-0.3, -0.25) is 4.90 Å². The molecule has 1 atom stereocenters. The first-order valence-electron chi connectivity index (χ1n) is 7.70. The Bertz CT molecular complexity index is 547. The predicted molar refractivity (Wildman–Crippen MR) is 83.5 cm³/mol. The van der Waals surface area contributed by atoms with Crippen LogP contribution in [0.1, 0.15) is 24.8 Å². The molecule has 0 amide bonds. The van der Waals surface area contributed by atoms with E-state index in [2.05, 4.69) is 41.3 Å². The van der Waals surface area contributed by atoms with E-state index in [9.17, 15) is 0 Å². The molecular formula is C17H23N3O. The molecule has 1 aromatic heterocycles. The van der Waals surface area contributed by atoms with Gasteiger partial charge in [0.25, 0.3) is 0 Å². The van der Waals surface area contributed by atoms with Crippen LogP contribution in [0.25, 0.3) is 5.69 Å². The Hall–Kier alpha value is -1.65. The molecule has 4 heteroatoms.